The zero-order valence-corrected chi connectivity index (χ0v) is 18.4. The van der Waals surface area contributed by atoms with E-state index in [1.807, 2.05) is 37.3 Å². The van der Waals surface area contributed by atoms with Crippen LogP contribution in [0.2, 0.25) is 0 Å². The number of esters is 1. The van der Waals surface area contributed by atoms with Gasteiger partial charge in [0.1, 0.15) is 0 Å². The molecule has 0 amide bonds. The van der Waals surface area contributed by atoms with Gasteiger partial charge in [0.15, 0.2) is 11.5 Å². The Morgan fingerprint density at radius 2 is 1.66 bits per heavy atom. The number of benzene rings is 3. The Labute approximate surface area is 187 Å². The van der Waals surface area contributed by atoms with E-state index in [-0.39, 0.29) is 10.6 Å². The van der Waals surface area contributed by atoms with Gasteiger partial charge in [-0.2, -0.15) is 13.5 Å². The second kappa shape index (κ2) is 10.4. The number of hydrogen-bond acceptors (Lipinski definition) is 6. The van der Waals surface area contributed by atoms with Crippen molar-refractivity contribution in [2.24, 2.45) is 5.10 Å². The first-order valence-electron chi connectivity index (χ1n) is 9.62. The van der Waals surface area contributed by atoms with Crippen LogP contribution < -0.4 is 14.3 Å². The molecule has 0 bridgehead atoms. The van der Waals surface area contributed by atoms with E-state index in [0.29, 0.717) is 11.3 Å². The molecule has 0 radical (unpaired) electrons. The topological polar surface area (TPSA) is 94.1 Å². The molecule has 0 aliphatic heterocycles. The highest BCUT2D eigenvalue weighted by Gasteiger charge is 2.12. The van der Waals surface area contributed by atoms with Gasteiger partial charge in [-0.05, 0) is 54.5 Å². The SMILES string of the molecule is COc1cc(C=NNS(=O)(=O)c2ccc(C)cc2)ccc1OC(=O)C=Cc1ccccc1. The van der Waals surface area contributed by atoms with Gasteiger partial charge in [0.05, 0.1) is 18.2 Å². The zero-order valence-electron chi connectivity index (χ0n) is 17.6. The number of nitrogens with zero attached hydrogens (tertiary/aromatic N) is 1. The van der Waals surface area contributed by atoms with E-state index in [9.17, 15) is 13.2 Å². The van der Waals surface area contributed by atoms with Crippen LogP contribution in [-0.2, 0) is 14.8 Å². The Morgan fingerprint density at radius 3 is 2.34 bits per heavy atom. The van der Waals surface area contributed by atoms with Crippen LogP contribution in [0.4, 0.5) is 0 Å². The van der Waals surface area contributed by atoms with E-state index < -0.39 is 16.0 Å². The quantitative estimate of drug-likeness (QED) is 0.184. The molecule has 32 heavy (non-hydrogen) atoms. The van der Waals surface area contributed by atoms with Crippen LogP contribution in [-0.4, -0.2) is 27.7 Å². The number of carbonyl (C=O) groups is 1. The van der Waals surface area contributed by atoms with Crippen molar-refractivity contribution in [3.8, 4) is 11.5 Å². The first-order valence-corrected chi connectivity index (χ1v) is 11.1. The summed E-state index contributed by atoms with van der Waals surface area (Å²) in [6, 6.07) is 20.5. The van der Waals surface area contributed by atoms with E-state index in [1.165, 1.54) is 31.5 Å². The molecular formula is C24H22N2O5S. The van der Waals surface area contributed by atoms with E-state index in [4.69, 9.17) is 9.47 Å². The molecule has 0 aromatic heterocycles. The van der Waals surface area contributed by atoms with Crippen molar-refractivity contribution >= 4 is 28.3 Å². The highest BCUT2D eigenvalue weighted by molar-refractivity contribution is 7.89. The van der Waals surface area contributed by atoms with Crippen LogP contribution in [0.5, 0.6) is 11.5 Å². The maximum atomic E-state index is 12.3. The number of carbonyl (C=O) groups excluding carboxylic acids is 1. The van der Waals surface area contributed by atoms with Crippen LogP contribution in [0.1, 0.15) is 16.7 Å². The Morgan fingerprint density at radius 1 is 0.938 bits per heavy atom. The highest BCUT2D eigenvalue weighted by Crippen LogP contribution is 2.28. The molecule has 0 spiro atoms. The van der Waals surface area contributed by atoms with E-state index in [2.05, 4.69) is 9.93 Å². The number of hydrazone groups is 1. The molecule has 0 aliphatic rings. The van der Waals surface area contributed by atoms with Crippen molar-refractivity contribution in [2.75, 3.05) is 7.11 Å². The maximum Gasteiger partial charge on any atom is 0.336 e. The normalized spacial score (nSPS) is 11.6. The van der Waals surface area contributed by atoms with E-state index in [0.717, 1.165) is 11.1 Å². The second-order valence-corrected chi connectivity index (χ2v) is 8.40. The Kier molecular flexibility index (Phi) is 7.41. The van der Waals surface area contributed by atoms with Gasteiger partial charge in [-0.15, -0.1) is 0 Å². The number of aryl methyl sites for hydroxylation is 1. The summed E-state index contributed by atoms with van der Waals surface area (Å²) in [5.41, 5.74) is 2.38. The molecule has 0 heterocycles. The molecule has 3 aromatic carbocycles. The van der Waals surface area contributed by atoms with Crippen LogP contribution in [0.15, 0.2) is 88.9 Å². The molecule has 3 aromatic rings. The van der Waals surface area contributed by atoms with Crippen LogP contribution in [0.25, 0.3) is 6.08 Å². The minimum absolute atomic E-state index is 0.114. The van der Waals surface area contributed by atoms with Crippen molar-refractivity contribution in [1.82, 2.24) is 4.83 Å². The minimum Gasteiger partial charge on any atom is -0.493 e. The zero-order chi connectivity index (χ0) is 23.0. The van der Waals surface area contributed by atoms with Gasteiger partial charge in [-0.3, -0.25) is 0 Å². The number of nitrogens with one attached hydrogen (secondary N) is 1. The standard InChI is InChI=1S/C24H22N2O5S/c1-18-8-12-21(13-9-18)32(28,29)26-25-17-20-10-14-22(23(16-20)30-2)31-24(27)15-11-19-6-4-3-5-7-19/h3-17,26H,1-2H3. The summed E-state index contributed by atoms with van der Waals surface area (Å²) >= 11 is 0. The monoisotopic (exact) mass is 450 g/mol. The lowest BCUT2D eigenvalue weighted by Crippen LogP contribution is -2.18. The maximum absolute atomic E-state index is 12.3. The molecule has 0 aliphatic carbocycles. The molecule has 164 valence electrons. The fourth-order valence-corrected chi connectivity index (χ4v) is 3.45. The largest absolute Gasteiger partial charge is 0.493 e. The van der Waals surface area contributed by atoms with Gasteiger partial charge in [0, 0.05) is 6.08 Å². The third kappa shape index (κ3) is 6.29. The summed E-state index contributed by atoms with van der Waals surface area (Å²) in [5, 5.41) is 3.80. The number of ether oxygens (including phenoxy) is 2. The molecule has 8 heteroatoms. The number of sulfonamides is 1. The highest BCUT2D eigenvalue weighted by atomic mass is 32.2. The van der Waals surface area contributed by atoms with Crippen LogP contribution in [0.3, 0.4) is 0 Å². The van der Waals surface area contributed by atoms with Gasteiger partial charge in [-0.25, -0.2) is 9.63 Å². The van der Waals surface area contributed by atoms with Crippen LogP contribution in [0, 0.1) is 6.92 Å². The third-order valence-electron chi connectivity index (χ3n) is 4.33. The van der Waals surface area contributed by atoms with Gasteiger partial charge in [0.25, 0.3) is 10.0 Å². The minimum atomic E-state index is -3.77. The molecule has 0 saturated carbocycles. The van der Waals surface area contributed by atoms with Crippen molar-refractivity contribution < 1.29 is 22.7 Å². The van der Waals surface area contributed by atoms with E-state index >= 15 is 0 Å². The number of methoxy groups -OCH3 is 1. The second-order valence-electron chi connectivity index (χ2n) is 6.74. The Balaban J connectivity index is 1.66. The lowest BCUT2D eigenvalue weighted by atomic mass is 10.2. The van der Waals surface area contributed by atoms with Crippen molar-refractivity contribution in [2.45, 2.75) is 11.8 Å². The fraction of sp³-hybridized carbons (Fsp3) is 0.0833. The molecule has 0 atom stereocenters. The average molecular weight is 451 g/mol. The van der Waals surface area contributed by atoms with Gasteiger partial charge >= 0.3 is 5.97 Å². The van der Waals surface area contributed by atoms with Crippen molar-refractivity contribution in [1.29, 1.82) is 0 Å². The summed E-state index contributed by atoms with van der Waals surface area (Å²) in [6.07, 6.45) is 4.30. The Bertz CT molecular complexity index is 1240. The van der Waals surface area contributed by atoms with Crippen molar-refractivity contribution in [3.63, 3.8) is 0 Å². The summed E-state index contributed by atoms with van der Waals surface area (Å²) in [5.74, 6) is -0.0242. The van der Waals surface area contributed by atoms with E-state index in [1.54, 1.807) is 36.4 Å². The average Bonchev–Trinajstić information content (AvgIpc) is 2.79. The summed E-state index contributed by atoms with van der Waals surface area (Å²) < 4.78 is 35.2. The predicted molar refractivity (Wildman–Crippen MR) is 123 cm³/mol. The molecule has 0 saturated heterocycles. The first kappa shape index (κ1) is 22.8. The van der Waals surface area contributed by atoms with Crippen LogP contribution >= 0.6 is 0 Å². The van der Waals surface area contributed by atoms with Gasteiger partial charge in [0.2, 0.25) is 0 Å². The summed E-state index contributed by atoms with van der Waals surface area (Å²) in [4.78, 5) is 14.4. The fourth-order valence-electron chi connectivity index (χ4n) is 2.66. The summed E-state index contributed by atoms with van der Waals surface area (Å²) in [7, 11) is -2.33. The van der Waals surface area contributed by atoms with Gasteiger partial charge in [-0.1, -0.05) is 48.0 Å². The number of rotatable bonds is 8. The first-order chi connectivity index (χ1) is 15.4. The molecular weight excluding hydrogens is 428 g/mol. The molecule has 0 unspecified atom stereocenters. The van der Waals surface area contributed by atoms with Crippen molar-refractivity contribution in [3.05, 3.63) is 95.6 Å². The lowest BCUT2D eigenvalue weighted by molar-refractivity contribution is -0.129. The smallest absolute Gasteiger partial charge is 0.336 e. The lowest BCUT2D eigenvalue weighted by Gasteiger charge is -2.08. The molecule has 7 nitrogen and oxygen atoms in total. The number of hydrogen-bond donors (Lipinski definition) is 1. The summed E-state index contributed by atoms with van der Waals surface area (Å²) in [6.45, 7) is 1.87. The third-order valence-corrected chi connectivity index (χ3v) is 5.57. The van der Waals surface area contributed by atoms with Gasteiger partial charge < -0.3 is 9.47 Å². The molecule has 0 fully saturated rings. The predicted octanol–water partition coefficient (Wildman–Crippen LogP) is 3.93. The Hall–Kier alpha value is -3.91. The molecule has 3 rings (SSSR count). The molecule has 1 N–H and O–H groups in total.